The van der Waals surface area contributed by atoms with Crippen LogP contribution in [-0.2, 0) is 14.4 Å². The fourth-order valence-corrected chi connectivity index (χ4v) is 5.44. The van der Waals surface area contributed by atoms with Crippen LogP contribution in [0.4, 0.5) is 0 Å². The molecule has 2 amide bonds. The quantitative estimate of drug-likeness (QED) is 0.765. The standard InChI is InChI=1S/C19H21N3O4S/c1-10-9-12(18(25)26)21-16(24)14(17(21)27-10)22-15(23)13(20-19(22,2)3)11-7-5-4-6-8-11/h4-10,13-14,17,20H,1-3H3,(H,25,26)/t10?,13?,14?,17-/m0/s1. The van der Waals surface area contributed by atoms with Gasteiger partial charge in [0, 0.05) is 5.25 Å². The first-order valence-electron chi connectivity index (χ1n) is 8.82. The van der Waals surface area contributed by atoms with Crippen molar-refractivity contribution in [3.8, 4) is 0 Å². The molecule has 1 aromatic carbocycles. The Morgan fingerprint density at radius 2 is 1.85 bits per heavy atom. The molecule has 2 N–H and O–H groups in total. The number of carbonyl (C=O) groups excluding carboxylic acids is 2. The number of carboxylic acid groups (broad SMARTS) is 1. The Bertz CT molecular complexity index is 854. The van der Waals surface area contributed by atoms with E-state index in [2.05, 4.69) is 5.32 Å². The Morgan fingerprint density at radius 1 is 1.19 bits per heavy atom. The predicted molar refractivity (Wildman–Crippen MR) is 100 cm³/mol. The fraction of sp³-hybridized carbons (Fsp3) is 0.421. The SMILES string of the molecule is CC1C=C(C(=O)O)N2C(=O)C(N3C(=O)C(c4ccccc4)NC3(C)C)[C@@H]2S1. The maximum absolute atomic E-state index is 13.2. The Morgan fingerprint density at radius 3 is 2.48 bits per heavy atom. The van der Waals surface area contributed by atoms with Crippen molar-refractivity contribution in [3.63, 3.8) is 0 Å². The molecule has 3 aliphatic heterocycles. The highest BCUT2D eigenvalue weighted by Gasteiger charge is 2.61. The average Bonchev–Trinajstić information content (AvgIpc) is 2.85. The third kappa shape index (κ3) is 2.66. The number of carboxylic acids is 1. The maximum atomic E-state index is 13.2. The second-order valence-corrected chi connectivity index (χ2v) is 9.00. The molecule has 0 bridgehead atoms. The summed E-state index contributed by atoms with van der Waals surface area (Å²) in [5.41, 5.74) is 0.125. The maximum Gasteiger partial charge on any atom is 0.352 e. The molecule has 3 unspecified atom stereocenters. The first-order chi connectivity index (χ1) is 12.7. The van der Waals surface area contributed by atoms with E-state index in [0.29, 0.717) is 0 Å². The number of thioether (sulfide) groups is 1. The average molecular weight is 387 g/mol. The summed E-state index contributed by atoms with van der Waals surface area (Å²) in [6.07, 6.45) is 1.58. The Kier molecular flexibility index (Phi) is 4.08. The van der Waals surface area contributed by atoms with Gasteiger partial charge in [-0.15, -0.1) is 11.8 Å². The molecule has 3 heterocycles. The van der Waals surface area contributed by atoms with E-state index in [1.165, 1.54) is 16.7 Å². The summed E-state index contributed by atoms with van der Waals surface area (Å²) in [5.74, 6) is -1.62. The van der Waals surface area contributed by atoms with Crippen molar-refractivity contribution >= 4 is 29.5 Å². The number of β-lactam (4-membered cyclic amide) rings is 1. The highest BCUT2D eigenvalue weighted by atomic mass is 32.2. The summed E-state index contributed by atoms with van der Waals surface area (Å²) < 4.78 is 0. The molecule has 27 heavy (non-hydrogen) atoms. The molecule has 4 rings (SSSR count). The van der Waals surface area contributed by atoms with E-state index in [-0.39, 0.29) is 28.1 Å². The smallest absolute Gasteiger partial charge is 0.352 e. The van der Waals surface area contributed by atoms with Crippen molar-refractivity contribution in [2.45, 2.75) is 49.1 Å². The zero-order valence-corrected chi connectivity index (χ0v) is 16.1. The van der Waals surface area contributed by atoms with Crippen LogP contribution < -0.4 is 5.32 Å². The summed E-state index contributed by atoms with van der Waals surface area (Å²) >= 11 is 1.50. The number of amides is 2. The first kappa shape index (κ1) is 18.1. The molecule has 7 nitrogen and oxygen atoms in total. The second-order valence-electron chi connectivity index (χ2n) is 7.50. The van der Waals surface area contributed by atoms with Crippen LogP contribution in [0.25, 0.3) is 0 Å². The van der Waals surface area contributed by atoms with Gasteiger partial charge in [0.25, 0.3) is 5.91 Å². The van der Waals surface area contributed by atoms with Crippen molar-refractivity contribution in [1.82, 2.24) is 15.1 Å². The monoisotopic (exact) mass is 387 g/mol. The topological polar surface area (TPSA) is 90.0 Å². The molecular formula is C19H21N3O4S. The van der Waals surface area contributed by atoms with Gasteiger partial charge >= 0.3 is 5.97 Å². The minimum atomic E-state index is -1.12. The van der Waals surface area contributed by atoms with Gasteiger partial charge in [-0.05, 0) is 32.4 Å². The van der Waals surface area contributed by atoms with E-state index in [1.807, 2.05) is 51.1 Å². The molecule has 0 spiro atoms. The van der Waals surface area contributed by atoms with Gasteiger partial charge < -0.3 is 10.0 Å². The normalized spacial score (nSPS) is 32.0. The fourth-order valence-electron chi connectivity index (χ4n) is 4.07. The van der Waals surface area contributed by atoms with Crippen LogP contribution in [0.1, 0.15) is 32.4 Å². The van der Waals surface area contributed by atoms with E-state index in [9.17, 15) is 19.5 Å². The van der Waals surface area contributed by atoms with E-state index in [1.54, 1.807) is 11.0 Å². The lowest BCUT2D eigenvalue weighted by Gasteiger charge is -2.54. The molecule has 2 fully saturated rings. The summed E-state index contributed by atoms with van der Waals surface area (Å²) in [7, 11) is 0. The van der Waals surface area contributed by atoms with Gasteiger partial charge in [0.2, 0.25) is 5.91 Å². The van der Waals surface area contributed by atoms with Crippen molar-refractivity contribution in [3.05, 3.63) is 47.7 Å². The van der Waals surface area contributed by atoms with Crippen molar-refractivity contribution < 1.29 is 19.5 Å². The molecule has 0 saturated carbocycles. The van der Waals surface area contributed by atoms with E-state index < -0.39 is 23.7 Å². The summed E-state index contributed by atoms with van der Waals surface area (Å²) in [5, 5.41) is 12.3. The largest absolute Gasteiger partial charge is 0.477 e. The number of nitrogens with zero attached hydrogens (tertiary/aromatic N) is 2. The first-order valence-corrected chi connectivity index (χ1v) is 9.76. The van der Waals surface area contributed by atoms with E-state index in [0.717, 1.165) is 5.56 Å². The van der Waals surface area contributed by atoms with Crippen LogP contribution in [0.15, 0.2) is 42.1 Å². The van der Waals surface area contributed by atoms with Crippen LogP contribution in [0.5, 0.6) is 0 Å². The third-order valence-electron chi connectivity index (χ3n) is 5.24. The molecule has 0 radical (unpaired) electrons. The molecule has 8 heteroatoms. The Hall–Kier alpha value is -2.32. The lowest BCUT2D eigenvalue weighted by molar-refractivity contribution is -0.162. The van der Waals surface area contributed by atoms with Gasteiger partial charge in [0.15, 0.2) is 0 Å². The van der Waals surface area contributed by atoms with Crippen molar-refractivity contribution in [2.24, 2.45) is 0 Å². The number of hydrogen-bond acceptors (Lipinski definition) is 5. The number of nitrogens with one attached hydrogen (secondary N) is 1. The van der Waals surface area contributed by atoms with E-state index >= 15 is 0 Å². The van der Waals surface area contributed by atoms with Crippen LogP contribution in [-0.4, -0.2) is 55.0 Å². The van der Waals surface area contributed by atoms with Gasteiger partial charge in [-0.1, -0.05) is 30.3 Å². The predicted octanol–water partition coefficient (Wildman–Crippen LogP) is 1.54. The van der Waals surface area contributed by atoms with Crippen LogP contribution in [0.3, 0.4) is 0 Å². The molecule has 4 atom stereocenters. The number of carbonyl (C=O) groups is 3. The van der Waals surface area contributed by atoms with Gasteiger partial charge in [-0.3, -0.25) is 19.8 Å². The highest BCUT2D eigenvalue weighted by Crippen LogP contribution is 2.46. The number of aliphatic carboxylic acids is 1. The van der Waals surface area contributed by atoms with Crippen LogP contribution >= 0.6 is 11.8 Å². The number of rotatable bonds is 3. The van der Waals surface area contributed by atoms with Gasteiger partial charge in [-0.2, -0.15) is 0 Å². The Balaban J connectivity index is 1.66. The summed E-state index contributed by atoms with van der Waals surface area (Å²) in [6.45, 7) is 5.63. The molecule has 2 saturated heterocycles. The van der Waals surface area contributed by atoms with Crippen molar-refractivity contribution in [2.75, 3.05) is 0 Å². The van der Waals surface area contributed by atoms with Crippen LogP contribution in [0, 0.1) is 0 Å². The minimum Gasteiger partial charge on any atom is -0.477 e. The van der Waals surface area contributed by atoms with Gasteiger partial charge in [0.05, 0.1) is 5.66 Å². The summed E-state index contributed by atoms with van der Waals surface area (Å²) in [4.78, 5) is 40.5. The van der Waals surface area contributed by atoms with Gasteiger partial charge in [0.1, 0.15) is 23.2 Å². The lowest BCUT2D eigenvalue weighted by Crippen LogP contribution is -2.73. The summed E-state index contributed by atoms with van der Waals surface area (Å²) in [6, 6.07) is 8.20. The zero-order chi connectivity index (χ0) is 19.5. The molecule has 3 aliphatic rings. The second kappa shape index (κ2) is 6.10. The molecule has 0 aromatic heterocycles. The highest BCUT2D eigenvalue weighted by molar-refractivity contribution is 8.00. The number of hydrogen-bond donors (Lipinski definition) is 2. The molecule has 0 aliphatic carbocycles. The Labute approximate surface area is 161 Å². The number of benzene rings is 1. The lowest BCUT2D eigenvalue weighted by atomic mass is 9.99. The molecule has 1 aromatic rings. The third-order valence-corrected chi connectivity index (χ3v) is 6.55. The van der Waals surface area contributed by atoms with Crippen LogP contribution in [0.2, 0.25) is 0 Å². The zero-order valence-electron chi connectivity index (χ0n) is 15.2. The van der Waals surface area contributed by atoms with Crippen molar-refractivity contribution in [1.29, 1.82) is 0 Å². The number of fused-ring (bicyclic) bond motifs is 1. The molecule has 142 valence electrons. The molecular weight excluding hydrogens is 366 g/mol. The minimum absolute atomic E-state index is 0.00419. The van der Waals surface area contributed by atoms with E-state index in [4.69, 9.17) is 0 Å². The van der Waals surface area contributed by atoms with Gasteiger partial charge in [-0.25, -0.2) is 4.79 Å².